The number of hydrogen-bond acceptors (Lipinski definition) is 5. The van der Waals surface area contributed by atoms with Crippen molar-refractivity contribution in [1.82, 2.24) is 5.32 Å². The van der Waals surface area contributed by atoms with Gasteiger partial charge in [-0.25, -0.2) is 9.59 Å². The maximum atomic E-state index is 12.3. The molecule has 1 atom stereocenters. The molecule has 0 radical (unpaired) electrons. The van der Waals surface area contributed by atoms with Crippen LogP contribution >= 0.6 is 11.8 Å². The Morgan fingerprint density at radius 2 is 1.96 bits per heavy atom. The average molecular weight is 349 g/mol. The number of ether oxygens (including phenoxy) is 2. The van der Waals surface area contributed by atoms with Crippen LogP contribution in [0.5, 0.6) is 0 Å². The molecule has 1 aromatic carbocycles. The summed E-state index contributed by atoms with van der Waals surface area (Å²) >= 11 is 1.52. The van der Waals surface area contributed by atoms with Crippen LogP contribution in [0.4, 0.5) is 4.79 Å². The summed E-state index contributed by atoms with van der Waals surface area (Å²) < 4.78 is 10.1. The van der Waals surface area contributed by atoms with Gasteiger partial charge in [0.15, 0.2) is 6.61 Å². The Morgan fingerprint density at radius 3 is 2.54 bits per heavy atom. The second-order valence-corrected chi connectivity index (χ2v) is 7.04. The summed E-state index contributed by atoms with van der Waals surface area (Å²) in [6.45, 7) is 5.17. The fourth-order valence-electron chi connectivity index (χ4n) is 1.70. The minimum atomic E-state index is -0.803. The lowest BCUT2D eigenvalue weighted by Gasteiger charge is -2.24. The molecular weight excluding hydrogens is 326 g/mol. The van der Waals surface area contributed by atoms with E-state index in [0.717, 1.165) is 11.3 Å². The summed E-state index contributed by atoms with van der Waals surface area (Å²) in [5.41, 5.74) is 0.504. The van der Waals surface area contributed by atoms with E-state index in [2.05, 4.69) is 11.2 Å². The third-order valence-corrected chi connectivity index (χ3v) is 3.77. The zero-order valence-corrected chi connectivity index (χ0v) is 15.0. The minimum absolute atomic E-state index is 0.149. The van der Waals surface area contributed by atoms with Crippen molar-refractivity contribution < 1.29 is 19.1 Å². The molecule has 0 fully saturated rings. The maximum Gasteiger partial charge on any atom is 0.408 e. The quantitative estimate of drug-likeness (QED) is 0.606. The highest BCUT2D eigenvalue weighted by molar-refractivity contribution is 7.98. The Morgan fingerprint density at radius 1 is 1.29 bits per heavy atom. The van der Waals surface area contributed by atoms with Crippen LogP contribution in [0, 0.1) is 12.3 Å². The van der Waals surface area contributed by atoms with Crippen LogP contribution < -0.4 is 5.32 Å². The van der Waals surface area contributed by atoms with Crippen LogP contribution in [0.15, 0.2) is 30.3 Å². The van der Waals surface area contributed by atoms with Gasteiger partial charge in [0.05, 0.1) is 0 Å². The van der Waals surface area contributed by atoms with Gasteiger partial charge in [-0.3, -0.25) is 0 Å². The van der Waals surface area contributed by atoms with Crippen LogP contribution in [-0.4, -0.2) is 36.1 Å². The lowest BCUT2D eigenvalue weighted by molar-refractivity contribution is -0.156. The molecule has 24 heavy (non-hydrogen) atoms. The zero-order valence-electron chi connectivity index (χ0n) is 14.2. The molecule has 0 unspecified atom stereocenters. The van der Waals surface area contributed by atoms with Gasteiger partial charge in [0.1, 0.15) is 11.6 Å². The fourth-order valence-corrected chi connectivity index (χ4v) is 2.70. The molecule has 0 saturated heterocycles. The molecule has 0 bridgehead atoms. The standard InChI is InChI=1S/C18H23NO4S/c1-5-11-22-17(21)19-15(16(20)23-18(2,3)4)13-24-12-14-9-7-6-8-10-14/h1,6-10,15H,11-13H2,2-4H3,(H,19,21)/t15-/m0/s1. The third kappa shape index (κ3) is 8.49. The van der Waals surface area contributed by atoms with E-state index < -0.39 is 23.7 Å². The molecule has 1 amide bonds. The fraction of sp³-hybridized carbons (Fsp3) is 0.444. The Hall–Kier alpha value is -2.13. The van der Waals surface area contributed by atoms with Crippen molar-refractivity contribution >= 4 is 23.8 Å². The van der Waals surface area contributed by atoms with E-state index in [1.807, 2.05) is 30.3 Å². The normalized spacial score (nSPS) is 11.9. The van der Waals surface area contributed by atoms with Crippen molar-refractivity contribution in [3.63, 3.8) is 0 Å². The molecule has 6 heteroatoms. The van der Waals surface area contributed by atoms with Crippen LogP contribution in [0.25, 0.3) is 0 Å². The molecule has 0 aliphatic rings. The van der Waals surface area contributed by atoms with E-state index in [1.165, 1.54) is 11.8 Å². The smallest absolute Gasteiger partial charge is 0.408 e. The summed E-state index contributed by atoms with van der Waals surface area (Å²) in [6, 6.07) is 9.06. The molecule has 1 N–H and O–H groups in total. The summed E-state index contributed by atoms with van der Waals surface area (Å²) in [5.74, 6) is 2.79. The first-order chi connectivity index (χ1) is 11.3. The highest BCUT2D eigenvalue weighted by Gasteiger charge is 2.27. The summed E-state index contributed by atoms with van der Waals surface area (Å²) in [4.78, 5) is 23.9. The van der Waals surface area contributed by atoms with E-state index in [9.17, 15) is 9.59 Å². The molecule has 0 heterocycles. The largest absolute Gasteiger partial charge is 0.458 e. The van der Waals surface area contributed by atoms with E-state index in [1.54, 1.807) is 20.8 Å². The molecule has 5 nitrogen and oxygen atoms in total. The first-order valence-electron chi connectivity index (χ1n) is 7.53. The van der Waals surface area contributed by atoms with Crippen molar-refractivity contribution in [3.8, 4) is 12.3 Å². The summed E-state index contributed by atoms with van der Waals surface area (Å²) in [5, 5.41) is 2.51. The van der Waals surface area contributed by atoms with Gasteiger partial charge in [0, 0.05) is 11.5 Å². The molecule has 0 aromatic heterocycles. The number of carbonyl (C=O) groups is 2. The van der Waals surface area contributed by atoms with Crippen molar-refractivity contribution in [3.05, 3.63) is 35.9 Å². The molecule has 0 saturated carbocycles. The highest BCUT2D eigenvalue weighted by atomic mass is 32.2. The zero-order chi connectivity index (χ0) is 18.0. The highest BCUT2D eigenvalue weighted by Crippen LogP contribution is 2.15. The number of carbonyl (C=O) groups excluding carboxylic acids is 2. The van der Waals surface area contributed by atoms with Crippen LogP contribution in [0.3, 0.4) is 0 Å². The molecule has 1 rings (SSSR count). The van der Waals surface area contributed by atoms with Gasteiger partial charge in [-0.15, -0.1) is 6.42 Å². The monoisotopic (exact) mass is 349 g/mol. The van der Waals surface area contributed by atoms with E-state index >= 15 is 0 Å². The predicted octanol–water partition coefficient (Wildman–Crippen LogP) is 2.99. The topological polar surface area (TPSA) is 64.6 Å². The van der Waals surface area contributed by atoms with E-state index in [-0.39, 0.29) is 6.61 Å². The van der Waals surface area contributed by atoms with Crippen molar-refractivity contribution in [2.45, 2.75) is 38.2 Å². The summed E-state index contributed by atoms with van der Waals surface area (Å²) in [7, 11) is 0. The van der Waals surface area contributed by atoms with Gasteiger partial charge in [-0.05, 0) is 26.3 Å². The van der Waals surface area contributed by atoms with Crippen LogP contribution in [-0.2, 0) is 20.0 Å². The third-order valence-electron chi connectivity index (χ3n) is 2.67. The second-order valence-electron chi connectivity index (χ2n) is 6.01. The van der Waals surface area contributed by atoms with E-state index in [0.29, 0.717) is 5.75 Å². The number of hydrogen-bond donors (Lipinski definition) is 1. The van der Waals surface area contributed by atoms with Gasteiger partial charge in [0.2, 0.25) is 0 Å². The lowest BCUT2D eigenvalue weighted by atomic mass is 10.2. The number of amides is 1. The molecule has 1 aromatic rings. The second kappa shape index (κ2) is 9.89. The van der Waals surface area contributed by atoms with Gasteiger partial charge in [0.25, 0.3) is 0 Å². The molecule has 130 valence electrons. The van der Waals surface area contributed by atoms with Crippen LogP contribution in [0.2, 0.25) is 0 Å². The van der Waals surface area contributed by atoms with Gasteiger partial charge in [-0.1, -0.05) is 36.3 Å². The number of rotatable bonds is 7. The molecule has 0 aliphatic heterocycles. The van der Waals surface area contributed by atoms with Gasteiger partial charge >= 0.3 is 12.1 Å². The predicted molar refractivity (Wildman–Crippen MR) is 95.6 cm³/mol. The van der Waals surface area contributed by atoms with Crippen molar-refractivity contribution in [2.24, 2.45) is 0 Å². The number of alkyl carbamates (subject to hydrolysis) is 1. The van der Waals surface area contributed by atoms with Crippen molar-refractivity contribution in [1.29, 1.82) is 0 Å². The molecular formula is C18H23NO4S. The Kier molecular flexibility index (Phi) is 8.20. The first-order valence-corrected chi connectivity index (χ1v) is 8.68. The number of nitrogens with one attached hydrogen (secondary N) is 1. The minimum Gasteiger partial charge on any atom is -0.458 e. The Labute approximate surface area is 147 Å². The number of terminal acetylenes is 1. The van der Waals surface area contributed by atoms with E-state index in [4.69, 9.17) is 15.9 Å². The average Bonchev–Trinajstić information content (AvgIpc) is 2.51. The summed E-state index contributed by atoms with van der Waals surface area (Å²) in [6.07, 6.45) is 4.31. The molecule has 0 aliphatic carbocycles. The van der Waals surface area contributed by atoms with Crippen LogP contribution in [0.1, 0.15) is 26.3 Å². The lowest BCUT2D eigenvalue weighted by Crippen LogP contribution is -2.46. The van der Waals surface area contributed by atoms with Crippen molar-refractivity contribution in [2.75, 3.05) is 12.4 Å². The van der Waals surface area contributed by atoms with Gasteiger partial charge < -0.3 is 14.8 Å². The maximum absolute atomic E-state index is 12.3. The SMILES string of the molecule is C#CCOC(=O)N[C@@H](CSCc1ccccc1)C(=O)OC(C)(C)C. The first kappa shape index (κ1) is 19.9. The number of thioether (sulfide) groups is 1. The Balaban J connectivity index is 2.60. The Bertz CT molecular complexity index is 575. The molecule has 0 spiro atoms. The number of esters is 1. The number of benzene rings is 1. The van der Waals surface area contributed by atoms with Gasteiger partial charge in [-0.2, -0.15) is 11.8 Å².